The van der Waals surface area contributed by atoms with Crippen molar-refractivity contribution in [3.05, 3.63) is 60.2 Å². The van der Waals surface area contributed by atoms with Gasteiger partial charge in [-0.25, -0.2) is 8.78 Å². The van der Waals surface area contributed by atoms with Gasteiger partial charge in [0.2, 0.25) is 11.7 Å². The highest BCUT2D eigenvalue weighted by molar-refractivity contribution is 8.00. The fraction of sp³-hybridized carbons (Fsp3) is 0.227. The maximum atomic E-state index is 13.9. The summed E-state index contributed by atoms with van der Waals surface area (Å²) in [6.45, 7) is 5.65. The molecule has 0 aliphatic heterocycles. The average Bonchev–Trinajstić information content (AvgIpc) is 3.33. The highest BCUT2D eigenvalue weighted by atomic mass is 32.2. The molecule has 0 aliphatic carbocycles. The van der Waals surface area contributed by atoms with Gasteiger partial charge in [0, 0.05) is 17.5 Å². The lowest BCUT2D eigenvalue weighted by Crippen LogP contribution is -2.23. The Balaban J connectivity index is 1.57. The Morgan fingerprint density at radius 3 is 2.58 bits per heavy atom. The summed E-state index contributed by atoms with van der Waals surface area (Å²) >= 11 is 1.20. The number of anilines is 1. The summed E-state index contributed by atoms with van der Waals surface area (Å²) in [6.07, 6.45) is 0. The Hall–Kier alpha value is -3.20. The Kier molecular flexibility index (Phi) is 5.77. The molecule has 0 radical (unpaired) electrons. The number of nitrogens with one attached hydrogen (secondary N) is 1. The van der Waals surface area contributed by atoms with E-state index >= 15 is 0 Å². The zero-order valence-electron chi connectivity index (χ0n) is 17.1. The van der Waals surface area contributed by atoms with E-state index in [9.17, 15) is 13.6 Å². The van der Waals surface area contributed by atoms with Crippen molar-refractivity contribution in [1.29, 1.82) is 0 Å². The zero-order valence-corrected chi connectivity index (χ0v) is 17.9. The van der Waals surface area contributed by atoms with Gasteiger partial charge in [-0.15, -0.1) is 10.2 Å². The van der Waals surface area contributed by atoms with Crippen LogP contribution in [-0.2, 0) is 4.79 Å². The second kappa shape index (κ2) is 8.50. The minimum absolute atomic E-state index is 0.00511. The van der Waals surface area contributed by atoms with Crippen molar-refractivity contribution in [2.75, 3.05) is 5.32 Å². The number of hydrogen-bond acceptors (Lipinski definition) is 5. The summed E-state index contributed by atoms with van der Waals surface area (Å²) in [5.41, 5.74) is 0.672. The van der Waals surface area contributed by atoms with Crippen LogP contribution < -0.4 is 5.32 Å². The van der Waals surface area contributed by atoms with E-state index in [1.165, 1.54) is 17.8 Å². The van der Waals surface area contributed by atoms with E-state index in [0.29, 0.717) is 16.7 Å². The number of amides is 1. The molecule has 0 fully saturated rings. The number of carbonyl (C=O) groups is 1. The standard InChI is InChI=1S/C22H20F2N4O2S/c1-12(2)28-20(19-10-14-6-4-5-7-18(14)30-19)26-27-22(28)31-13(3)21(29)25-17-9-8-15(23)11-16(17)24/h4-13H,1-3H3,(H,25,29)/t13-/m0/s1. The van der Waals surface area contributed by atoms with Crippen LogP contribution in [0.3, 0.4) is 0 Å². The van der Waals surface area contributed by atoms with E-state index in [4.69, 9.17) is 4.42 Å². The molecule has 2 aromatic carbocycles. The van der Waals surface area contributed by atoms with Gasteiger partial charge in [-0.2, -0.15) is 0 Å². The predicted octanol–water partition coefficient (Wildman–Crippen LogP) is 5.67. The molecule has 0 bridgehead atoms. The Bertz CT molecular complexity index is 1220. The number of aromatic nitrogens is 3. The number of thioether (sulfide) groups is 1. The van der Waals surface area contributed by atoms with Gasteiger partial charge in [0.1, 0.15) is 17.2 Å². The van der Waals surface area contributed by atoms with Crippen molar-refractivity contribution in [2.45, 2.75) is 37.2 Å². The number of carbonyl (C=O) groups excluding carboxylic acids is 1. The van der Waals surface area contributed by atoms with Gasteiger partial charge in [-0.3, -0.25) is 9.36 Å². The van der Waals surface area contributed by atoms with Gasteiger partial charge in [0.15, 0.2) is 10.9 Å². The average molecular weight is 442 g/mol. The summed E-state index contributed by atoms with van der Waals surface area (Å²) < 4.78 is 34.8. The van der Waals surface area contributed by atoms with Crippen LogP contribution >= 0.6 is 11.8 Å². The van der Waals surface area contributed by atoms with E-state index in [1.807, 2.05) is 48.7 Å². The van der Waals surface area contributed by atoms with Crippen molar-refractivity contribution < 1.29 is 18.0 Å². The van der Waals surface area contributed by atoms with Gasteiger partial charge in [0.25, 0.3) is 0 Å². The fourth-order valence-corrected chi connectivity index (χ4v) is 4.10. The smallest absolute Gasteiger partial charge is 0.237 e. The van der Waals surface area contributed by atoms with Crippen LogP contribution in [0.15, 0.2) is 58.1 Å². The summed E-state index contributed by atoms with van der Waals surface area (Å²) in [5, 5.41) is 11.9. The molecule has 6 nitrogen and oxygen atoms in total. The number of rotatable bonds is 6. The molecular weight excluding hydrogens is 422 g/mol. The van der Waals surface area contributed by atoms with Crippen LogP contribution in [-0.4, -0.2) is 25.9 Å². The molecule has 9 heteroatoms. The summed E-state index contributed by atoms with van der Waals surface area (Å²) in [6, 6.07) is 12.6. The Labute approximate surface area is 181 Å². The van der Waals surface area contributed by atoms with Crippen LogP contribution in [0.2, 0.25) is 0 Å². The quantitative estimate of drug-likeness (QED) is 0.390. The van der Waals surface area contributed by atoms with Crippen molar-refractivity contribution >= 4 is 34.3 Å². The first kappa shape index (κ1) is 21.0. The molecule has 1 amide bonds. The van der Waals surface area contributed by atoms with Crippen molar-refractivity contribution in [3.63, 3.8) is 0 Å². The topological polar surface area (TPSA) is 73.0 Å². The van der Waals surface area contributed by atoms with E-state index in [2.05, 4.69) is 15.5 Å². The number of fused-ring (bicyclic) bond motifs is 1. The highest BCUT2D eigenvalue weighted by Crippen LogP contribution is 2.33. The minimum atomic E-state index is -0.830. The molecule has 2 aromatic heterocycles. The third-order valence-electron chi connectivity index (χ3n) is 4.67. The summed E-state index contributed by atoms with van der Waals surface area (Å²) in [5.74, 6) is -0.825. The van der Waals surface area contributed by atoms with Crippen molar-refractivity contribution in [3.8, 4) is 11.6 Å². The molecule has 0 saturated heterocycles. The molecule has 0 spiro atoms. The van der Waals surface area contributed by atoms with Gasteiger partial charge in [-0.05, 0) is 45.0 Å². The van der Waals surface area contributed by atoms with E-state index in [0.717, 1.165) is 23.1 Å². The van der Waals surface area contributed by atoms with Gasteiger partial charge >= 0.3 is 0 Å². The second-order valence-corrected chi connectivity index (χ2v) is 8.60. The third-order valence-corrected chi connectivity index (χ3v) is 5.72. The summed E-state index contributed by atoms with van der Waals surface area (Å²) in [4.78, 5) is 12.6. The maximum Gasteiger partial charge on any atom is 0.237 e. The SMILES string of the molecule is CC(C)n1c(S[C@@H](C)C(=O)Nc2ccc(F)cc2F)nnc1-c1cc2ccccc2o1. The number of benzene rings is 2. The molecule has 31 heavy (non-hydrogen) atoms. The molecule has 4 aromatic rings. The Morgan fingerprint density at radius 2 is 1.87 bits per heavy atom. The van der Waals surface area contributed by atoms with Crippen molar-refractivity contribution in [2.24, 2.45) is 0 Å². The lowest BCUT2D eigenvalue weighted by molar-refractivity contribution is -0.115. The molecule has 0 saturated carbocycles. The van der Waals surface area contributed by atoms with Crippen LogP contribution in [0.1, 0.15) is 26.8 Å². The largest absolute Gasteiger partial charge is 0.453 e. The van der Waals surface area contributed by atoms with Gasteiger partial charge in [-0.1, -0.05) is 30.0 Å². The lowest BCUT2D eigenvalue weighted by atomic mass is 10.2. The van der Waals surface area contributed by atoms with E-state index in [1.54, 1.807) is 6.92 Å². The third kappa shape index (κ3) is 4.32. The summed E-state index contributed by atoms with van der Waals surface area (Å²) in [7, 11) is 0. The fourth-order valence-electron chi connectivity index (χ4n) is 3.12. The van der Waals surface area contributed by atoms with Crippen LogP contribution in [0.4, 0.5) is 14.5 Å². The number of nitrogens with zero attached hydrogens (tertiary/aromatic N) is 3. The minimum Gasteiger partial charge on any atom is -0.453 e. The zero-order chi connectivity index (χ0) is 22.1. The number of hydrogen-bond donors (Lipinski definition) is 1. The number of furan rings is 1. The lowest BCUT2D eigenvalue weighted by Gasteiger charge is -2.15. The predicted molar refractivity (Wildman–Crippen MR) is 116 cm³/mol. The molecule has 1 atom stereocenters. The molecule has 4 rings (SSSR count). The van der Waals surface area contributed by atoms with E-state index < -0.39 is 22.8 Å². The first-order chi connectivity index (χ1) is 14.8. The van der Waals surface area contributed by atoms with Gasteiger partial charge < -0.3 is 9.73 Å². The van der Waals surface area contributed by atoms with Crippen LogP contribution in [0.25, 0.3) is 22.6 Å². The Morgan fingerprint density at radius 1 is 1.10 bits per heavy atom. The number of para-hydroxylation sites is 1. The van der Waals surface area contributed by atoms with Crippen LogP contribution in [0.5, 0.6) is 0 Å². The maximum absolute atomic E-state index is 13.9. The van der Waals surface area contributed by atoms with Crippen LogP contribution in [0, 0.1) is 11.6 Å². The molecular formula is C22H20F2N4O2S. The first-order valence-corrected chi connectivity index (χ1v) is 10.6. The van der Waals surface area contributed by atoms with Crippen molar-refractivity contribution in [1.82, 2.24) is 14.8 Å². The first-order valence-electron chi connectivity index (χ1n) is 9.70. The van der Waals surface area contributed by atoms with E-state index in [-0.39, 0.29) is 11.7 Å². The monoisotopic (exact) mass is 442 g/mol. The number of halogens is 2. The molecule has 2 heterocycles. The highest BCUT2D eigenvalue weighted by Gasteiger charge is 2.24. The molecule has 0 unspecified atom stereocenters. The molecule has 0 aliphatic rings. The molecule has 160 valence electrons. The normalized spacial score (nSPS) is 12.5. The van der Waals surface area contributed by atoms with Gasteiger partial charge in [0.05, 0.1) is 10.9 Å². The second-order valence-electron chi connectivity index (χ2n) is 7.29. The molecule has 1 N–H and O–H groups in total.